The third-order valence-corrected chi connectivity index (χ3v) is 6.60. The number of Topliss-reactive ketones (excluding diaryl/α,β-unsaturated/α-hetero) is 1. The highest BCUT2D eigenvalue weighted by Crippen LogP contribution is 2.59. The van der Waals surface area contributed by atoms with E-state index in [4.69, 9.17) is 10.5 Å². The van der Waals surface area contributed by atoms with Gasteiger partial charge in [0.05, 0.1) is 18.5 Å². The molecular weight excluding hydrogens is 483 g/mol. The number of aliphatic hydroxyl groups is 2. The normalized spacial score (nSPS) is 24.9. The second-order valence-corrected chi connectivity index (χ2v) is 9.19. The second-order valence-electron chi connectivity index (χ2n) is 7.33. The number of ether oxygens (including phenoxy) is 1. The van der Waals surface area contributed by atoms with Gasteiger partial charge < -0.3 is 35.2 Å². The highest BCUT2D eigenvalue weighted by molar-refractivity contribution is 7.55. The Labute approximate surface area is 188 Å². The lowest BCUT2D eigenvalue weighted by atomic mass is 10.1. The lowest BCUT2D eigenvalue weighted by Gasteiger charge is -2.23. The predicted octanol–water partition coefficient (Wildman–Crippen LogP) is 0.411. The molecule has 182 valence electrons. The smallest absolute Gasteiger partial charge is 0.407 e. The standard InChI is InChI=1S/C18H18F2N5O8P/c19-18(20,14(29)8-3-1-2-4-9(8)26)34(30,31)32-5-10-12(27)13(28)17(33-10)25-7-24-11-15(21)22-6-23-16(11)25/h1-4,6-7,10,12-13,17,26-28H,5H2,(H,30,31)(H2,21,22,23)/t10-,12-,13-,17-/m1/s1. The number of rotatable bonds is 7. The zero-order chi connectivity index (χ0) is 24.8. The van der Waals surface area contributed by atoms with Crippen LogP contribution in [0.1, 0.15) is 16.6 Å². The molecule has 0 spiro atoms. The molecule has 1 aliphatic heterocycles. The number of imidazole rings is 1. The van der Waals surface area contributed by atoms with E-state index in [0.717, 1.165) is 18.5 Å². The molecule has 1 fully saturated rings. The van der Waals surface area contributed by atoms with Gasteiger partial charge in [0.2, 0.25) is 5.78 Å². The Kier molecular flexibility index (Phi) is 6.10. The van der Waals surface area contributed by atoms with E-state index in [-0.39, 0.29) is 17.0 Å². The average Bonchev–Trinajstić information content (AvgIpc) is 3.34. The van der Waals surface area contributed by atoms with E-state index in [1.807, 2.05) is 0 Å². The van der Waals surface area contributed by atoms with Crippen LogP contribution in [0.15, 0.2) is 36.9 Å². The first-order valence-corrected chi connectivity index (χ1v) is 11.2. The number of carbonyl (C=O) groups is 1. The number of nitrogens with zero attached hydrogens (tertiary/aromatic N) is 4. The summed E-state index contributed by atoms with van der Waals surface area (Å²) in [7, 11) is -5.98. The molecule has 3 heterocycles. The van der Waals surface area contributed by atoms with Gasteiger partial charge in [-0.1, -0.05) is 12.1 Å². The predicted molar refractivity (Wildman–Crippen MR) is 109 cm³/mol. The Morgan fingerprint density at radius 3 is 2.65 bits per heavy atom. The molecule has 13 nitrogen and oxygen atoms in total. The van der Waals surface area contributed by atoms with E-state index in [2.05, 4.69) is 19.5 Å². The van der Waals surface area contributed by atoms with Crippen molar-refractivity contribution in [2.45, 2.75) is 30.2 Å². The molecule has 6 N–H and O–H groups in total. The van der Waals surface area contributed by atoms with E-state index in [1.165, 1.54) is 23.0 Å². The van der Waals surface area contributed by atoms with E-state index >= 15 is 0 Å². The van der Waals surface area contributed by atoms with Crippen molar-refractivity contribution in [2.24, 2.45) is 0 Å². The van der Waals surface area contributed by atoms with Gasteiger partial charge in [0.25, 0.3) is 0 Å². The van der Waals surface area contributed by atoms with Crippen LogP contribution in [0, 0.1) is 0 Å². The lowest BCUT2D eigenvalue weighted by Crippen LogP contribution is -2.35. The molecule has 0 radical (unpaired) electrons. The van der Waals surface area contributed by atoms with Gasteiger partial charge in [0.15, 0.2) is 17.7 Å². The van der Waals surface area contributed by atoms with Gasteiger partial charge in [-0.2, -0.15) is 8.78 Å². The third kappa shape index (κ3) is 3.91. The summed E-state index contributed by atoms with van der Waals surface area (Å²) in [5.41, 5.74) is 0.198. The molecule has 4 rings (SSSR count). The molecule has 1 unspecified atom stereocenters. The van der Waals surface area contributed by atoms with Crippen LogP contribution in [0.2, 0.25) is 0 Å². The van der Waals surface area contributed by atoms with Crippen LogP contribution >= 0.6 is 7.60 Å². The number of hydrogen-bond acceptors (Lipinski definition) is 11. The number of aliphatic hydroxyl groups excluding tert-OH is 2. The zero-order valence-electron chi connectivity index (χ0n) is 17.0. The van der Waals surface area contributed by atoms with Crippen molar-refractivity contribution in [2.75, 3.05) is 12.3 Å². The van der Waals surface area contributed by atoms with Gasteiger partial charge >= 0.3 is 13.3 Å². The van der Waals surface area contributed by atoms with Crippen LogP contribution in [-0.2, 0) is 13.8 Å². The summed E-state index contributed by atoms with van der Waals surface area (Å²) in [4.78, 5) is 33.7. The first-order chi connectivity index (χ1) is 16.0. The van der Waals surface area contributed by atoms with Crippen LogP contribution < -0.4 is 5.73 Å². The van der Waals surface area contributed by atoms with Crippen LogP contribution in [0.4, 0.5) is 14.6 Å². The number of hydrogen-bond donors (Lipinski definition) is 5. The molecule has 1 aliphatic rings. The van der Waals surface area contributed by atoms with E-state index in [1.54, 1.807) is 0 Å². The number of ketones is 1. The number of aromatic hydroxyl groups is 1. The number of anilines is 1. The van der Waals surface area contributed by atoms with Gasteiger partial charge in [-0.05, 0) is 12.1 Å². The number of fused-ring (bicyclic) bond motifs is 1. The molecule has 0 amide bonds. The fourth-order valence-corrected chi connectivity index (χ4v) is 4.25. The zero-order valence-corrected chi connectivity index (χ0v) is 17.9. The molecule has 16 heteroatoms. The van der Waals surface area contributed by atoms with E-state index < -0.39 is 61.5 Å². The molecule has 34 heavy (non-hydrogen) atoms. The molecule has 1 aromatic carbocycles. The minimum atomic E-state index is -5.98. The van der Waals surface area contributed by atoms with Gasteiger partial charge in [-0.25, -0.2) is 15.0 Å². The Morgan fingerprint density at radius 2 is 1.94 bits per heavy atom. The molecule has 3 aromatic rings. The van der Waals surface area contributed by atoms with Crippen LogP contribution in [0.5, 0.6) is 5.75 Å². The Balaban J connectivity index is 1.50. The third-order valence-electron chi connectivity index (χ3n) is 5.19. The van der Waals surface area contributed by atoms with Crippen molar-refractivity contribution in [1.82, 2.24) is 19.5 Å². The van der Waals surface area contributed by atoms with E-state index in [0.29, 0.717) is 0 Å². The summed E-state index contributed by atoms with van der Waals surface area (Å²) in [6, 6.07) is 4.25. The number of nitrogen functional groups attached to an aromatic ring is 1. The molecule has 0 aliphatic carbocycles. The summed E-state index contributed by atoms with van der Waals surface area (Å²) in [6.45, 7) is -1.09. The summed E-state index contributed by atoms with van der Waals surface area (Å²) in [5.74, 6) is -2.91. The summed E-state index contributed by atoms with van der Waals surface area (Å²) in [6.07, 6.45) is -3.93. The van der Waals surface area contributed by atoms with Crippen LogP contribution in [0.25, 0.3) is 11.2 Å². The Hall–Kier alpha value is -3.07. The molecule has 1 saturated heterocycles. The number of nitrogens with two attached hydrogens (primary N) is 1. The number of benzene rings is 1. The lowest BCUT2D eigenvalue weighted by molar-refractivity contribution is -0.0513. The summed E-state index contributed by atoms with van der Waals surface area (Å²) >= 11 is 0. The van der Waals surface area contributed by atoms with Crippen molar-refractivity contribution < 1.29 is 47.6 Å². The highest BCUT2D eigenvalue weighted by Gasteiger charge is 2.59. The number of phenolic OH excluding ortho intramolecular Hbond substituents is 1. The number of alkyl halides is 2. The van der Waals surface area contributed by atoms with Gasteiger partial charge in [-0.3, -0.25) is 13.9 Å². The van der Waals surface area contributed by atoms with Gasteiger partial charge in [-0.15, -0.1) is 0 Å². The highest BCUT2D eigenvalue weighted by atomic mass is 31.2. The Bertz CT molecular complexity index is 1290. The number of halogens is 2. The van der Waals surface area contributed by atoms with E-state index in [9.17, 15) is 38.4 Å². The first-order valence-electron chi connectivity index (χ1n) is 9.58. The molecule has 0 saturated carbocycles. The average molecular weight is 501 g/mol. The fourth-order valence-electron chi connectivity index (χ4n) is 3.36. The van der Waals surface area contributed by atoms with Crippen molar-refractivity contribution in [3.63, 3.8) is 0 Å². The number of aromatic nitrogens is 4. The minimum Gasteiger partial charge on any atom is -0.507 e. The minimum absolute atomic E-state index is 0.0363. The molecular formula is C18H18F2N5O8P. The van der Waals surface area contributed by atoms with Gasteiger partial charge in [0.1, 0.15) is 35.9 Å². The van der Waals surface area contributed by atoms with Crippen molar-refractivity contribution in [3.05, 3.63) is 42.5 Å². The molecule has 2 aromatic heterocycles. The largest absolute Gasteiger partial charge is 0.507 e. The maximum Gasteiger partial charge on any atom is 0.407 e. The van der Waals surface area contributed by atoms with Crippen LogP contribution in [-0.4, -0.2) is 76.1 Å². The maximum absolute atomic E-state index is 14.5. The monoisotopic (exact) mass is 501 g/mol. The van der Waals surface area contributed by atoms with Crippen molar-refractivity contribution in [3.8, 4) is 5.75 Å². The quantitative estimate of drug-likeness (QED) is 0.221. The number of para-hydroxylation sites is 1. The fraction of sp³-hybridized carbons (Fsp3) is 0.333. The number of carbonyl (C=O) groups excluding carboxylic acids is 1. The van der Waals surface area contributed by atoms with Crippen LogP contribution in [0.3, 0.4) is 0 Å². The van der Waals surface area contributed by atoms with Crippen molar-refractivity contribution in [1.29, 1.82) is 0 Å². The Morgan fingerprint density at radius 1 is 1.24 bits per heavy atom. The second kappa shape index (κ2) is 8.61. The van der Waals surface area contributed by atoms with Gasteiger partial charge in [0, 0.05) is 0 Å². The topological polar surface area (TPSA) is 203 Å². The summed E-state index contributed by atoms with van der Waals surface area (Å²) in [5, 5.41) is 30.3. The SMILES string of the molecule is Nc1ncnc2c1ncn2[C@@H]1O[C@H](COP(=O)(O)C(F)(F)C(=O)c2ccccc2O)[C@@H](O)[C@H]1O. The molecule has 0 bridgehead atoms. The first kappa shape index (κ1) is 24.1. The molecule has 5 atom stereocenters. The maximum atomic E-state index is 14.5. The summed E-state index contributed by atoms with van der Waals surface area (Å²) < 4.78 is 52.4. The van der Waals surface area contributed by atoms with Crippen molar-refractivity contribution >= 4 is 30.4 Å². The number of phenols is 1.